The van der Waals surface area contributed by atoms with Crippen LogP contribution in [0.3, 0.4) is 0 Å². The average Bonchev–Trinajstić information content (AvgIpc) is 2.11. The molecule has 1 radical (unpaired) electrons. The molecule has 79 valence electrons. The second-order valence-corrected chi connectivity index (χ2v) is 3.74. The molecule has 0 aliphatic rings. The molecular formula is C12H25O. The van der Waals surface area contributed by atoms with E-state index in [2.05, 4.69) is 13.8 Å². The molecule has 13 heavy (non-hydrogen) atoms. The lowest BCUT2D eigenvalue weighted by molar-refractivity contribution is 0.114. The molecule has 0 fully saturated rings. The minimum atomic E-state index is 0.413. The maximum atomic E-state index is 5.34. The second-order valence-electron chi connectivity index (χ2n) is 3.74. The molecule has 0 heterocycles. The number of hydrogen-bond acceptors (Lipinski definition) is 1. The Balaban J connectivity index is 2.97. The fourth-order valence-corrected chi connectivity index (χ4v) is 1.51. The van der Waals surface area contributed by atoms with E-state index in [4.69, 9.17) is 4.74 Å². The average molecular weight is 185 g/mol. The van der Waals surface area contributed by atoms with Crippen molar-refractivity contribution in [2.24, 2.45) is 0 Å². The number of hydrogen-bond donors (Lipinski definition) is 0. The van der Waals surface area contributed by atoms with Gasteiger partial charge in [-0.15, -0.1) is 0 Å². The van der Waals surface area contributed by atoms with Crippen LogP contribution in [0.2, 0.25) is 0 Å². The quantitative estimate of drug-likeness (QED) is 0.486. The molecule has 1 heteroatoms. The summed E-state index contributed by atoms with van der Waals surface area (Å²) >= 11 is 0. The predicted molar refractivity (Wildman–Crippen MR) is 58.5 cm³/mol. The zero-order valence-corrected chi connectivity index (χ0v) is 9.51. The maximum absolute atomic E-state index is 5.34. The van der Waals surface area contributed by atoms with Gasteiger partial charge in [0.1, 0.15) is 0 Å². The van der Waals surface area contributed by atoms with Gasteiger partial charge in [0.05, 0.1) is 12.7 Å². The van der Waals surface area contributed by atoms with Crippen molar-refractivity contribution >= 4 is 0 Å². The molecular weight excluding hydrogens is 160 g/mol. The van der Waals surface area contributed by atoms with Gasteiger partial charge in [-0.25, -0.2) is 0 Å². The first kappa shape index (κ1) is 13.0. The van der Waals surface area contributed by atoms with Crippen LogP contribution >= 0.6 is 0 Å². The minimum Gasteiger partial charge on any atom is -0.373 e. The van der Waals surface area contributed by atoms with E-state index in [0.29, 0.717) is 6.10 Å². The monoisotopic (exact) mass is 185 g/mol. The fraction of sp³-hybridized carbons (Fsp3) is 0.917. The Labute approximate surface area is 83.9 Å². The van der Waals surface area contributed by atoms with Gasteiger partial charge in [0.15, 0.2) is 0 Å². The number of ether oxygens (including phenoxy) is 1. The summed E-state index contributed by atoms with van der Waals surface area (Å²) in [5.74, 6) is 0. The van der Waals surface area contributed by atoms with Crippen LogP contribution in [0.15, 0.2) is 0 Å². The molecule has 1 atom stereocenters. The highest BCUT2D eigenvalue weighted by molar-refractivity contribution is 4.53. The highest BCUT2D eigenvalue weighted by atomic mass is 16.5. The lowest BCUT2D eigenvalue weighted by Gasteiger charge is -2.10. The first-order chi connectivity index (χ1) is 6.31. The summed E-state index contributed by atoms with van der Waals surface area (Å²) in [4.78, 5) is 0. The van der Waals surface area contributed by atoms with Crippen molar-refractivity contribution in [1.82, 2.24) is 0 Å². The Morgan fingerprint density at radius 3 is 2.31 bits per heavy atom. The molecule has 0 saturated carbocycles. The van der Waals surface area contributed by atoms with E-state index in [-0.39, 0.29) is 0 Å². The van der Waals surface area contributed by atoms with Gasteiger partial charge in [0.25, 0.3) is 0 Å². The Kier molecular flexibility index (Phi) is 10.0. The van der Waals surface area contributed by atoms with Gasteiger partial charge in [-0.05, 0) is 20.3 Å². The fourth-order valence-electron chi connectivity index (χ4n) is 1.51. The van der Waals surface area contributed by atoms with Crippen LogP contribution in [0.5, 0.6) is 0 Å². The summed E-state index contributed by atoms with van der Waals surface area (Å²) < 4.78 is 5.34. The van der Waals surface area contributed by atoms with E-state index in [1.165, 1.54) is 44.9 Å². The third kappa shape index (κ3) is 9.88. The van der Waals surface area contributed by atoms with E-state index in [9.17, 15) is 0 Å². The van der Waals surface area contributed by atoms with Crippen LogP contribution in [0.4, 0.5) is 0 Å². The van der Waals surface area contributed by atoms with Crippen molar-refractivity contribution in [3.63, 3.8) is 0 Å². The molecule has 1 nitrogen and oxygen atoms in total. The van der Waals surface area contributed by atoms with Crippen LogP contribution in [-0.4, -0.2) is 6.10 Å². The number of unbranched alkanes of at least 4 members (excludes halogenated alkanes) is 5. The third-order valence-corrected chi connectivity index (χ3v) is 2.33. The zero-order valence-electron chi connectivity index (χ0n) is 9.51. The van der Waals surface area contributed by atoms with Gasteiger partial charge in [0.2, 0.25) is 0 Å². The van der Waals surface area contributed by atoms with Crippen molar-refractivity contribution in [1.29, 1.82) is 0 Å². The molecule has 0 saturated heterocycles. The topological polar surface area (TPSA) is 9.23 Å². The van der Waals surface area contributed by atoms with Crippen LogP contribution in [-0.2, 0) is 4.74 Å². The van der Waals surface area contributed by atoms with Crippen molar-refractivity contribution in [3.8, 4) is 0 Å². The van der Waals surface area contributed by atoms with Crippen LogP contribution in [0.25, 0.3) is 0 Å². The molecule has 0 aliphatic carbocycles. The highest BCUT2D eigenvalue weighted by Gasteiger charge is 1.99. The summed E-state index contributed by atoms with van der Waals surface area (Å²) in [6.07, 6.45) is 9.85. The zero-order chi connectivity index (χ0) is 9.94. The molecule has 0 rings (SSSR count). The van der Waals surface area contributed by atoms with E-state index in [0.717, 1.165) is 0 Å². The SMILES string of the molecule is C[CH]OC(C)CCCCCCCC. The summed E-state index contributed by atoms with van der Waals surface area (Å²) in [5.41, 5.74) is 0. The summed E-state index contributed by atoms with van der Waals surface area (Å²) in [6, 6.07) is 0. The first-order valence-corrected chi connectivity index (χ1v) is 5.74. The maximum Gasteiger partial charge on any atom is 0.0809 e. The van der Waals surface area contributed by atoms with E-state index in [1.807, 2.05) is 6.92 Å². The van der Waals surface area contributed by atoms with Crippen molar-refractivity contribution in [2.75, 3.05) is 0 Å². The molecule has 0 aromatic carbocycles. The lowest BCUT2D eigenvalue weighted by Crippen LogP contribution is -2.04. The number of rotatable bonds is 9. The lowest BCUT2D eigenvalue weighted by atomic mass is 10.1. The standard InChI is InChI=1S/C12H25O/c1-4-6-7-8-9-10-11-12(3)13-5-2/h5,12H,4,6-11H2,1-3H3. The third-order valence-electron chi connectivity index (χ3n) is 2.33. The van der Waals surface area contributed by atoms with Gasteiger partial charge < -0.3 is 4.74 Å². The largest absolute Gasteiger partial charge is 0.373 e. The van der Waals surface area contributed by atoms with E-state index in [1.54, 1.807) is 6.61 Å². The van der Waals surface area contributed by atoms with E-state index < -0.39 is 0 Å². The van der Waals surface area contributed by atoms with Crippen molar-refractivity contribution in [2.45, 2.75) is 71.8 Å². The Morgan fingerprint density at radius 1 is 1.08 bits per heavy atom. The molecule has 0 amide bonds. The summed E-state index contributed by atoms with van der Waals surface area (Å²) in [7, 11) is 0. The molecule has 0 spiro atoms. The van der Waals surface area contributed by atoms with Gasteiger partial charge in [-0.2, -0.15) is 0 Å². The van der Waals surface area contributed by atoms with E-state index >= 15 is 0 Å². The summed E-state index contributed by atoms with van der Waals surface area (Å²) in [6.45, 7) is 8.14. The van der Waals surface area contributed by atoms with Crippen LogP contribution in [0, 0.1) is 6.61 Å². The van der Waals surface area contributed by atoms with Crippen molar-refractivity contribution in [3.05, 3.63) is 6.61 Å². The molecule has 0 bridgehead atoms. The van der Waals surface area contributed by atoms with Gasteiger partial charge in [-0.3, -0.25) is 0 Å². The van der Waals surface area contributed by atoms with Crippen LogP contribution < -0.4 is 0 Å². The Hall–Kier alpha value is -0.0400. The Morgan fingerprint density at radius 2 is 1.69 bits per heavy atom. The molecule has 1 unspecified atom stereocenters. The second kappa shape index (κ2) is 10.0. The van der Waals surface area contributed by atoms with Gasteiger partial charge in [0, 0.05) is 0 Å². The molecule has 0 aromatic rings. The molecule has 0 aromatic heterocycles. The predicted octanol–water partition coefficient (Wildman–Crippen LogP) is 4.32. The van der Waals surface area contributed by atoms with Gasteiger partial charge in [-0.1, -0.05) is 45.4 Å². The van der Waals surface area contributed by atoms with Gasteiger partial charge >= 0.3 is 0 Å². The summed E-state index contributed by atoms with van der Waals surface area (Å²) in [5, 5.41) is 0. The minimum absolute atomic E-state index is 0.413. The molecule has 0 N–H and O–H groups in total. The Bertz CT molecular complexity index is 91.1. The highest BCUT2D eigenvalue weighted by Crippen LogP contribution is 2.10. The van der Waals surface area contributed by atoms with Crippen molar-refractivity contribution < 1.29 is 4.74 Å². The molecule has 0 aliphatic heterocycles. The smallest absolute Gasteiger partial charge is 0.0809 e. The van der Waals surface area contributed by atoms with Crippen LogP contribution in [0.1, 0.15) is 65.7 Å². The normalized spacial score (nSPS) is 13.2. The first-order valence-electron chi connectivity index (χ1n) is 5.74.